The SMILES string of the molecule is CCNc1cc(N(C)Cc2ccoc2)nc(C(C)(C)C)n1. The van der Waals surface area contributed by atoms with Crippen molar-refractivity contribution in [3.05, 3.63) is 36.0 Å². The highest BCUT2D eigenvalue weighted by atomic mass is 16.3. The Hall–Kier alpha value is -2.04. The van der Waals surface area contributed by atoms with Crippen LogP contribution in [0.1, 0.15) is 39.1 Å². The number of hydrogen-bond acceptors (Lipinski definition) is 5. The maximum atomic E-state index is 5.12. The van der Waals surface area contributed by atoms with Crippen LogP contribution in [0.3, 0.4) is 0 Å². The molecule has 0 radical (unpaired) electrons. The Balaban J connectivity index is 2.30. The number of nitrogens with one attached hydrogen (secondary N) is 1. The molecule has 2 aromatic heterocycles. The average molecular weight is 288 g/mol. The Kier molecular flexibility index (Phi) is 4.50. The number of rotatable bonds is 5. The molecule has 0 fully saturated rings. The van der Waals surface area contributed by atoms with Crippen molar-refractivity contribution in [2.24, 2.45) is 0 Å². The lowest BCUT2D eigenvalue weighted by Gasteiger charge is -2.23. The number of furan rings is 1. The van der Waals surface area contributed by atoms with E-state index in [1.54, 1.807) is 12.5 Å². The van der Waals surface area contributed by atoms with Gasteiger partial charge in [-0.1, -0.05) is 20.8 Å². The summed E-state index contributed by atoms with van der Waals surface area (Å²) in [5, 5.41) is 3.28. The van der Waals surface area contributed by atoms with Gasteiger partial charge in [-0.25, -0.2) is 9.97 Å². The molecule has 5 heteroatoms. The Morgan fingerprint density at radius 2 is 2.05 bits per heavy atom. The normalized spacial score (nSPS) is 11.5. The van der Waals surface area contributed by atoms with Gasteiger partial charge in [0.1, 0.15) is 17.5 Å². The smallest absolute Gasteiger partial charge is 0.138 e. The van der Waals surface area contributed by atoms with Crippen LogP contribution < -0.4 is 10.2 Å². The van der Waals surface area contributed by atoms with E-state index in [0.717, 1.165) is 36.1 Å². The van der Waals surface area contributed by atoms with Crippen LogP contribution >= 0.6 is 0 Å². The summed E-state index contributed by atoms with van der Waals surface area (Å²) in [5.74, 6) is 2.62. The van der Waals surface area contributed by atoms with Crippen LogP contribution in [-0.4, -0.2) is 23.6 Å². The van der Waals surface area contributed by atoms with Crippen molar-refractivity contribution in [1.29, 1.82) is 0 Å². The summed E-state index contributed by atoms with van der Waals surface area (Å²) in [6, 6.07) is 3.95. The zero-order valence-corrected chi connectivity index (χ0v) is 13.5. The molecule has 0 bridgehead atoms. The van der Waals surface area contributed by atoms with Gasteiger partial charge < -0.3 is 14.6 Å². The Bertz CT molecular complexity index is 572. The van der Waals surface area contributed by atoms with Crippen molar-refractivity contribution in [2.75, 3.05) is 23.8 Å². The van der Waals surface area contributed by atoms with Gasteiger partial charge in [0.2, 0.25) is 0 Å². The third-order valence-electron chi connectivity index (χ3n) is 3.13. The summed E-state index contributed by atoms with van der Waals surface area (Å²) in [5.41, 5.74) is 1.04. The van der Waals surface area contributed by atoms with Gasteiger partial charge in [-0.3, -0.25) is 0 Å². The molecule has 21 heavy (non-hydrogen) atoms. The van der Waals surface area contributed by atoms with E-state index in [9.17, 15) is 0 Å². The predicted molar refractivity (Wildman–Crippen MR) is 85.7 cm³/mol. The van der Waals surface area contributed by atoms with Crippen molar-refractivity contribution in [2.45, 2.75) is 39.7 Å². The van der Waals surface area contributed by atoms with Gasteiger partial charge in [-0.2, -0.15) is 0 Å². The highest BCUT2D eigenvalue weighted by Crippen LogP contribution is 2.24. The van der Waals surface area contributed by atoms with Gasteiger partial charge in [0, 0.05) is 37.2 Å². The van der Waals surface area contributed by atoms with Crippen molar-refractivity contribution in [3.8, 4) is 0 Å². The minimum Gasteiger partial charge on any atom is -0.472 e. The monoisotopic (exact) mass is 288 g/mol. The van der Waals surface area contributed by atoms with E-state index >= 15 is 0 Å². The van der Waals surface area contributed by atoms with Gasteiger partial charge in [-0.05, 0) is 13.0 Å². The Labute approximate surface area is 126 Å². The molecule has 0 aliphatic heterocycles. The molecule has 0 spiro atoms. The molecule has 0 unspecified atom stereocenters. The summed E-state index contributed by atoms with van der Waals surface area (Å²) in [6.45, 7) is 10.0. The van der Waals surface area contributed by atoms with E-state index in [0.29, 0.717) is 0 Å². The lowest BCUT2D eigenvalue weighted by Crippen LogP contribution is -2.23. The second-order valence-corrected chi connectivity index (χ2v) is 6.20. The number of hydrogen-bond donors (Lipinski definition) is 1. The zero-order chi connectivity index (χ0) is 15.5. The molecule has 0 amide bonds. The molecule has 1 N–H and O–H groups in total. The summed E-state index contributed by atoms with van der Waals surface area (Å²) in [7, 11) is 2.03. The van der Waals surface area contributed by atoms with Crippen LogP contribution in [0.2, 0.25) is 0 Å². The molecule has 0 aromatic carbocycles. The summed E-state index contributed by atoms with van der Waals surface area (Å²) < 4.78 is 5.12. The molecular weight excluding hydrogens is 264 g/mol. The van der Waals surface area contributed by atoms with Crippen molar-refractivity contribution in [1.82, 2.24) is 9.97 Å². The zero-order valence-electron chi connectivity index (χ0n) is 13.5. The van der Waals surface area contributed by atoms with Crippen molar-refractivity contribution >= 4 is 11.6 Å². The van der Waals surface area contributed by atoms with E-state index in [4.69, 9.17) is 9.40 Å². The van der Waals surface area contributed by atoms with E-state index in [2.05, 4.69) is 42.9 Å². The fourth-order valence-corrected chi connectivity index (χ4v) is 1.97. The molecular formula is C16H24N4O. The summed E-state index contributed by atoms with van der Waals surface area (Å²) in [6.07, 6.45) is 3.45. The van der Waals surface area contributed by atoms with Crippen molar-refractivity contribution in [3.63, 3.8) is 0 Å². The lowest BCUT2D eigenvalue weighted by molar-refractivity contribution is 0.545. The van der Waals surface area contributed by atoms with E-state index in [1.165, 1.54) is 0 Å². The third-order valence-corrected chi connectivity index (χ3v) is 3.13. The Morgan fingerprint density at radius 1 is 1.29 bits per heavy atom. The fourth-order valence-electron chi connectivity index (χ4n) is 1.97. The number of aromatic nitrogens is 2. The van der Waals surface area contributed by atoms with Gasteiger partial charge >= 0.3 is 0 Å². The summed E-state index contributed by atoms with van der Waals surface area (Å²) in [4.78, 5) is 11.4. The quantitative estimate of drug-likeness (QED) is 0.913. The molecule has 2 aromatic rings. The van der Waals surface area contributed by atoms with Crippen LogP contribution in [0, 0.1) is 0 Å². The van der Waals surface area contributed by atoms with Crippen molar-refractivity contribution < 1.29 is 4.42 Å². The average Bonchev–Trinajstić information content (AvgIpc) is 2.90. The molecule has 5 nitrogen and oxygen atoms in total. The van der Waals surface area contributed by atoms with E-state index in [1.807, 2.05) is 19.2 Å². The largest absolute Gasteiger partial charge is 0.472 e. The van der Waals surface area contributed by atoms with Crippen LogP contribution in [-0.2, 0) is 12.0 Å². The second kappa shape index (κ2) is 6.16. The highest BCUT2D eigenvalue weighted by Gasteiger charge is 2.20. The Morgan fingerprint density at radius 3 is 2.62 bits per heavy atom. The lowest BCUT2D eigenvalue weighted by atomic mass is 9.96. The second-order valence-electron chi connectivity index (χ2n) is 6.20. The molecule has 0 aliphatic rings. The maximum Gasteiger partial charge on any atom is 0.138 e. The molecule has 0 aliphatic carbocycles. The highest BCUT2D eigenvalue weighted by molar-refractivity contribution is 5.49. The molecule has 2 rings (SSSR count). The number of anilines is 2. The van der Waals surface area contributed by atoms with Gasteiger partial charge in [0.25, 0.3) is 0 Å². The third kappa shape index (κ3) is 3.97. The minimum atomic E-state index is -0.0866. The van der Waals surface area contributed by atoms with E-state index in [-0.39, 0.29) is 5.41 Å². The van der Waals surface area contributed by atoms with Gasteiger partial charge in [-0.15, -0.1) is 0 Å². The van der Waals surface area contributed by atoms with Gasteiger partial charge in [0.05, 0.1) is 12.5 Å². The first-order valence-electron chi connectivity index (χ1n) is 7.26. The maximum absolute atomic E-state index is 5.12. The number of nitrogens with zero attached hydrogens (tertiary/aromatic N) is 3. The molecule has 0 saturated heterocycles. The van der Waals surface area contributed by atoms with Crippen LogP contribution in [0.25, 0.3) is 0 Å². The molecule has 114 valence electrons. The molecule has 2 heterocycles. The first-order chi connectivity index (χ1) is 9.90. The summed E-state index contributed by atoms with van der Waals surface area (Å²) >= 11 is 0. The van der Waals surface area contributed by atoms with E-state index < -0.39 is 0 Å². The van der Waals surface area contributed by atoms with Crippen LogP contribution in [0.5, 0.6) is 0 Å². The first-order valence-corrected chi connectivity index (χ1v) is 7.26. The first kappa shape index (κ1) is 15.4. The molecule has 0 atom stereocenters. The topological polar surface area (TPSA) is 54.2 Å². The standard InChI is InChI=1S/C16H24N4O/c1-6-17-13-9-14(19-15(18-13)16(2,3)4)20(5)10-12-7-8-21-11-12/h7-9,11H,6,10H2,1-5H3,(H,17,18,19). The predicted octanol–water partition coefficient (Wildman–Crippen LogP) is 3.44. The fraction of sp³-hybridized carbons (Fsp3) is 0.500. The van der Waals surface area contributed by atoms with Crippen LogP contribution in [0.15, 0.2) is 29.1 Å². The van der Waals surface area contributed by atoms with Crippen LogP contribution in [0.4, 0.5) is 11.6 Å². The molecule has 0 saturated carbocycles. The minimum absolute atomic E-state index is 0.0866. The van der Waals surface area contributed by atoms with Gasteiger partial charge in [0.15, 0.2) is 0 Å².